The summed E-state index contributed by atoms with van der Waals surface area (Å²) in [6, 6.07) is 2.78. The van der Waals surface area contributed by atoms with Gasteiger partial charge in [0.2, 0.25) is 0 Å². The lowest BCUT2D eigenvalue weighted by Gasteiger charge is -2.31. The molecule has 9 nitrogen and oxygen atoms in total. The Kier molecular flexibility index (Phi) is 4.70. The number of morpholine rings is 1. The lowest BCUT2D eigenvalue weighted by atomic mass is 10.2. The molecule has 1 aliphatic heterocycles. The van der Waals surface area contributed by atoms with E-state index in [4.69, 9.17) is 4.74 Å². The van der Waals surface area contributed by atoms with E-state index in [1.54, 1.807) is 4.90 Å². The molecule has 1 fully saturated rings. The monoisotopic (exact) mass is 332 g/mol. The van der Waals surface area contributed by atoms with Crippen LogP contribution in [0, 0.1) is 0 Å². The highest BCUT2D eigenvalue weighted by Crippen LogP contribution is 2.20. The van der Waals surface area contributed by atoms with E-state index in [0.717, 1.165) is 23.3 Å². The molecule has 2 aromatic heterocycles. The predicted molar refractivity (Wildman–Crippen MR) is 84.5 cm³/mol. The smallest absolute Gasteiger partial charge is 0.274 e. The van der Waals surface area contributed by atoms with Crippen molar-refractivity contribution in [1.82, 2.24) is 29.9 Å². The van der Waals surface area contributed by atoms with E-state index in [1.165, 1.54) is 19.2 Å². The Bertz CT molecular complexity index is 784. The molecule has 3 heterocycles. The molecular weight excluding hydrogens is 312 g/mol. The number of amides is 1. The van der Waals surface area contributed by atoms with Gasteiger partial charge in [-0.2, -0.15) is 10.2 Å². The van der Waals surface area contributed by atoms with Crippen LogP contribution in [0.4, 0.5) is 0 Å². The average molecular weight is 332 g/mol. The highest BCUT2D eigenvalue weighted by molar-refractivity contribution is 5.92. The van der Waals surface area contributed by atoms with Crippen molar-refractivity contribution in [3.8, 4) is 0 Å². The summed E-state index contributed by atoms with van der Waals surface area (Å²) in [6.45, 7) is 3.29. The molecule has 2 aromatic rings. The van der Waals surface area contributed by atoms with Crippen molar-refractivity contribution in [1.29, 1.82) is 0 Å². The molecule has 0 spiro atoms. The fraction of sp³-hybridized carbons (Fsp3) is 0.533. The second-order valence-corrected chi connectivity index (χ2v) is 5.68. The van der Waals surface area contributed by atoms with Crippen LogP contribution in [0.25, 0.3) is 0 Å². The highest BCUT2D eigenvalue weighted by atomic mass is 16.5. The van der Waals surface area contributed by atoms with E-state index >= 15 is 0 Å². The van der Waals surface area contributed by atoms with E-state index in [2.05, 4.69) is 27.2 Å². The van der Waals surface area contributed by atoms with E-state index in [9.17, 15) is 9.59 Å². The quantitative estimate of drug-likeness (QED) is 0.849. The Hall–Kier alpha value is -2.55. The molecule has 1 aliphatic rings. The molecule has 3 rings (SSSR count). The lowest BCUT2D eigenvalue weighted by molar-refractivity contribution is -0.0269. The molecule has 0 bridgehead atoms. The van der Waals surface area contributed by atoms with Crippen LogP contribution in [-0.4, -0.2) is 55.5 Å². The lowest BCUT2D eigenvalue weighted by Crippen LogP contribution is -2.43. The third-order valence-electron chi connectivity index (χ3n) is 3.86. The van der Waals surface area contributed by atoms with Crippen molar-refractivity contribution in [3.05, 3.63) is 39.8 Å². The fourth-order valence-electron chi connectivity index (χ4n) is 2.57. The second kappa shape index (κ2) is 6.91. The largest absolute Gasteiger partial charge is 0.366 e. The molecule has 0 saturated carbocycles. The number of carbonyl (C=O) groups excluding carboxylic acids is 1. The van der Waals surface area contributed by atoms with Crippen LogP contribution in [-0.2, 0) is 18.2 Å². The third kappa shape index (κ3) is 3.35. The first-order chi connectivity index (χ1) is 11.6. The number of rotatable bonds is 4. The predicted octanol–water partition coefficient (Wildman–Crippen LogP) is 0.0646. The van der Waals surface area contributed by atoms with E-state index in [1.807, 2.05) is 0 Å². The van der Waals surface area contributed by atoms with Crippen molar-refractivity contribution >= 4 is 5.91 Å². The topological polar surface area (TPSA) is 106 Å². The SMILES string of the molecule is CCCc1nc(C2CN(C(=O)c3ccc(=O)n(C)n3)CCO2)n[nH]1. The molecule has 0 aliphatic carbocycles. The van der Waals surface area contributed by atoms with Gasteiger partial charge < -0.3 is 9.64 Å². The summed E-state index contributed by atoms with van der Waals surface area (Å²) in [5.74, 6) is 1.15. The van der Waals surface area contributed by atoms with Crippen molar-refractivity contribution in [2.75, 3.05) is 19.7 Å². The highest BCUT2D eigenvalue weighted by Gasteiger charge is 2.29. The van der Waals surface area contributed by atoms with Crippen molar-refractivity contribution < 1.29 is 9.53 Å². The van der Waals surface area contributed by atoms with Gasteiger partial charge in [0.05, 0.1) is 13.2 Å². The normalized spacial score (nSPS) is 17.9. The minimum atomic E-state index is -0.364. The second-order valence-electron chi connectivity index (χ2n) is 5.68. The van der Waals surface area contributed by atoms with Gasteiger partial charge in [0.1, 0.15) is 17.6 Å². The number of nitrogens with one attached hydrogen (secondary N) is 1. The molecule has 128 valence electrons. The molecule has 0 radical (unpaired) electrons. The summed E-state index contributed by atoms with van der Waals surface area (Å²) in [7, 11) is 1.52. The van der Waals surface area contributed by atoms with E-state index < -0.39 is 0 Å². The summed E-state index contributed by atoms with van der Waals surface area (Å²) in [5.41, 5.74) is -0.0185. The molecule has 1 N–H and O–H groups in total. The van der Waals surface area contributed by atoms with Gasteiger partial charge >= 0.3 is 0 Å². The maximum absolute atomic E-state index is 12.6. The number of hydrogen-bond donors (Lipinski definition) is 1. The van der Waals surface area contributed by atoms with Crippen molar-refractivity contribution in [2.24, 2.45) is 7.05 Å². The number of carbonyl (C=O) groups is 1. The Morgan fingerprint density at radius 1 is 1.46 bits per heavy atom. The number of aryl methyl sites for hydroxylation is 2. The van der Waals surface area contributed by atoms with E-state index in [-0.39, 0.29) is 23.3 Å². The van der Waals surface area contributed by atoms with Crippen molar-refractivity contribution in [3.63, 3.8) is 0 Å². The Morgan fingerprint density at radius 3 is 3.04 bits per heavy atom. The molecule has 1 saturated heterocycles. The standard InChI is InChI=1S/C15H20N6O3/c1-3-4-12-16-14(18-17-12)11-9-21(7-8-24-11)15(23)10-5-6-13(22)20(2)19-10/h5-6,11H,3-4,7-9H2,1-2H3,(H,16,17,18). The molecule has 0 aromatic carbocycles. The van der Waals surface area contributed by atoms with Crippen LogP contribution in [0.1, 0.15) is 41.6 Å². The van der Waals surface area contributed by atoms with Crippen molar-refractivity contribution in [2.45, 2.75) is 25.9 Å². The molecule has 1 unspecified atom stereocenters. The maximum atomic E-state index is 12.6. The Morgan fingerprint density at radius 2 is 2.29 bits per heavy atom. The van der Waals surface area contributed by atoms with E-state index in [0.29, 0.717) is 25.5 Å². The maximum Gasteiger partial charge on any atom is 0.274 e. The van der Waals surface area contributed by atoms with Gasteiger partial charge in [0.15, 0.2) is 5.82 Å². The van der Waals surface area contributed by atoms with Gasteiger partial charge in [0, 0.05) is 26.1 Å². The number of nitrogens with zero attached hydrogens (tertiary/aromatic N) is 5. The molecule has 1 amide bonds. The first-order valence-electron chi connectivity index (χ1n) is 7.95. The zero-order valence-corrected chi connectivity index (χ0v) is 13.7. The van der Waals surface area contributed by atoms with Crippen LogP contribution >= 0.6 is 0 Å². The summed E-state index contributed by atoms with van der Waals surface area (Å²) in [4.78, 5) is 30.1. The summed E-state index contributed by atoms with van der Waals surface area (Å²) in [5, 5.41) is 11.1. The van der Waals surface area contributed by atoms with Crippen LogP contribution in [0.2, 0.25) is 0 Å². The third-order valence-corrected chi connectivity index (χ3v) is 3.86. The van der Waals surface area contributed by atoms with Gasteiger partial charge in [-0.1, -0.05) is 6.92 Å². The van der Waals surface area contributed by atoms with Gasteiger partial charge in [-0.15, -0.1) is 0 Å². The van der Waals surface area contributed by atoms with Gasteiger partial charge in [-0.3, -0.25) is 14.7 Å². The molecular formula is C15H20N6O3. The Balaban J connectivity index is 1.73. The number of H-pyrrole nitrogens is 1. The van der Waals surface area contributed by atoms with Crippen LogP contribution < -0.4 is 5.56 Å². The van der Waals surface area contributed by atoms with Crippen LogP contribution in [0.5, 0.6) is 0 Å². The zero-order valence-electron chi connectivity index (χ0n) is 13.7. The summed E-state index contributed by atoms with van der Waals surface area (Å²) < 4.78 is 6.85. The number of ether oxygens (including phenoxy) is 1. The summed E-state index contributed by atoms with van der Waals surface area (Å²) in [6.07, 6.45) is 1.44. The number of aromatic amines is 1. The molecule has 1 atom stereocenters. The first kappa shape index (κ1) is 16.3. The van der Waals surface area contributed by atoms with Crippen LogP contribution in [0.15, 0.2) is 16.9 Å². The molecule has 24 heavy (non-hydrogen) atoms. The zero-order chi connectivity index (χ0) is 17.1. The minimum Gasteiger partial charge on any atom is -0.366 e. The Labute approximate surface area is 138 Å². The minimum absolute atomic E-state index is 0.233. The first-order valence-corrected chi connectivity index (χ1v) is 7.95. The number of hydrogen-bond acceptors (Lipinski definition) is 6. The van der Waals surface area contributed by atoms with Gasteiger partial charge in [-0.25, -0.2) is 9.67 Å². The van der Waals surface area contributed by atoms with Gasteiger partial charge in [0.25, 0.3) is 11.5 Å². The fourth-order valence-corrected chi connectivity index (χ4v) is 2.57. The van der Waals surface area contributed by atoms with Crippen LogP contribution in [0.3, 0.4) is 0 Å². The van der Waals surface area contributed by atoms with Gasteiger partial charge in [-0.05, 0) is 12.5 Å². The summed E-state index contributed by atoms with van der Waals surface area (Å²) >= 11 is 0. The number of aromatic nitrogens is 5. The molecule has 9 heteroatoms. The average Bonchev–Trinajstić information content (AvgIpc) is 3.06.